The van der Waals surface area contributed by atoms with Gasteiger partial charge in [0.1, 0.15) is 0 Å². The Hall–Kier alpha value is -0.590. The molecule has 0 aliphatic heterocycles. The van der Waals surface area contributed by atoms with E-state index in [0.717, 1.165) is 6.42 Å². The Balaban J connectivity index is 2.54. The first-order valence-electron chi connectivity index (χ1n) is 4.71. The fourth-order valence-electron chi connectivity index (χ4n) is 2.70. The Bertz CT molecular complexity index is 262. The number of ketones is 1. The average Bonchev–Trinajstić information content (AvgIpc) is 2.17. The van der Waals surface area contributed by atoms with E-state index in [9.17, 15) is 4.79 Å². The van der Waals surface area contributed by atoms with Crippen molar-refractivity contribution in [2.45, 2.75) is 33.6 Å². The van der Waals surface area contributed by atoms with Gasteiger partial charge in [0, 0.05) is 5.41 Å². The van der Waals surface area contributed by atoms with Crippen molar-refractivity contribution in [2.75, 3.05) is 0 Å². The molecule has 1 fully saturated rings. The number of carbonyl (C=O) groups is 1. The van der Waals surface area contributed by atoms with E-state index in [1.807, 2.05) is 0 Å². The van der Waals surface area contributed by atoms with Crippen molar-refractivity contribution >= 4 is 5.78 Å². The van der Waals surface area contributed by atoms with E-state index < -0.39 is 0 Å². The van der Waals surface area contributed by atoms with Gasteiger partial charge in [0.2, 0.25) is 0 Å². The minimum absolute atomic E-state index is 0.0770. The van der Waals surface area contributed by atoms with Gasteiger partial charge in [-0.1, -0.05) is 26.8 Å². The van der Waals surface area contributed by atoms with E-state index >= 15 is 0 Å². The molecule has 0 aromatic carbocycles. The van der Waals surface area contributed by atoms with Crippen LogP contribution in [0.15, 0.2) is 12.2 Å². The van der Waals surface area contributed by atoms with E-state index in [1.54, 1.807) is 6.08 Å². The fourth-order valence-corrected chi connectivity index (χ4v) is 2.70. The van der Waals surface area contributed by atoms with Crippen LogP contribution in [0.2, 0.25) is 0 Å². The first-order chi connectivity index (χ1) is 5.48. The number of fused-ring (bicyclic) bond motifs is 2. The quantitative estimate of drug-likeness (QED) is 0.537. The molecule has 1 heteroatoms. The highest BCUT2D eigenvalue weighted by molar-refractivity contribution is 5.96. The van der Waals surface area contributed by atoms with Crippen LogP contribution in [0.5, 0.6) is 0 Å². The van der Waals surface area contributed by atoms with Crippen LogP contribution in [0.4, 0.5) is 0 Å². The third-order valence-corrected chi connectivity index (χ3v) is 4.33. The summed E-state index contributed by atoms with van der Waals surface area (Å²) in [5, 5.41) is 0. The molecule has 12 heavy (non-hydrogen) atoms. The molecule has 2 aliphatic rings. The van der Waals surface area contributed by atoms with E-state index in [1.165, 1.54) is 6.42 Å². The van der Waals surface area contributed by atoms with Crippen LogP contribution in [0.25, 0.3) is 0 Å². The zero-order valence-electron chi connectivity index (χ0n) is 8.05. The fraction of sp³-hybridized carbons (Fsp3) is 0.727. The second kappa shape index (κ2) is 2.01. The number of carbonyl (C=O) groups excluding carboxylic acids is 1. The lowest BCUT2D eigenvalue weighted by Gasteiger charge is -2.41. The number of hydrogen-bond donors (Lipinski definition) is 0. The summed E-state index contributed by atoms with van der Waals surface area (Å²) in [6.45, 7) is 6.58. The SMILES string of the molecule is CC1(C)[C@@H]2C=CC(=O)[C@]1(C)CC2. The van der Waals surface area contributed by atoms with E-state index in [-0.39, 0.29) is 10.8 Å². The summed E-state index contributed by atoms with van der Waals surface area (Å²) >= 11 is 0. The van der Waals surface area contributed by atoms with Gasteiger partial charge in [-0.05, 0) is 30.3 Å². The highest BCUT2D eigenvalue weighted by atomic mass is 16.1. The van der Waals surface area contributed by atoms with Crippen molar-refractivity contribution in [3.05, 3.63) is 12.2 Å². The van der Waals surface area contributed by atoms with Gasteiger partial charge >= 0.3 is 0 Å². The van der Waals surface area contributed by atoms with Crippen molar-refractivity contribution in [3.63, 3.8) is 0 Å². The van der Waals surface area contributed by atoms with Gasteiger partial charge in [-0.2, -0.15) is 0 Å². The van der Waals surface area contributed by atoms with E-state index in [4.69, 9.17) is 0 Å². The molecular formula is C11H16O. The molecule has 0 unspecified atom stereocenters. The second-order valence-electron chi connectivity index (χ2n) is 4.92. The Morgan fingerprint density at radius 3 is 2.67 bits per heavy atom. The van der Waals surface area contributed by atoms with Crippen molar-refractivity contribution in [1.29, 1.82) is 0 Å². The van der Waals surface area contributed by atoms with Gasteiger partial charge < -0.3 is 0 Å². The molecular weight excluding hydrogens is 148 g/mol. The molecule has 2 bridgehead atoms. The Kier molecular flexibility index (Phi) is 1.35. The standard InChI is InChI=1S/C11H16O/c1-10(2)8-4-5-9(12)11(10,3)7-6-8/h4-5,8H,6-7H2,1-3H3/t8-,11+/m1/s1. The molecule has 0 radical (unpaired) electrons. The van der Waals surface area contributed by atoms with Crippen molar-refractivity contribution in [3.8, 4) is 0 Å². The van der Waals surface area contributed by atoms with Crippen LogP contribution in [0.3, 0.4) is 0 Å². The number of hydrogen-bond acceptors (Lipinski definition) is 1. The summed E-state index contributed by atoms with van der Waals surface area (Å²) in [7, 11) is 0. The van der Waals surface area contributed by atoms with Gasteiger partial charge in [-0.25, -0.2) is 0 Å². The number of allylic oxidation sites excluding steroid dienone is 2. The van der Waals surface area contributed by atoms with Crippen molar-refractivity contribution in [2.24, 2.45) is 16.7 Å². The maximum absolute atomic E-state index is 11.7. The molecule has 0 aromatic heterocycles. The Morgan fingerprint density at radius 1 is 1.42 bits per heavy atom. The largest absolute Gasteiger partial charge is 0.294 e. The molecule has 0 heterocycles. The summed E-state index contributed by atoms with van der Waals surface area (Å²) in [6.07, 6.45) is 6.16. The molecule has 0 aromatic rings. The van der Waals surface area contributed by atoms with Crippen molar-refractivity contribution in [1.82, 2.24) is 0 Å². The van der Waals surface area contributed by atoms with E-state index in [2.05, 4.69) is 26.8 Å². The smallest absolute Gasteiger partial charge is 0.161 e. The van der Waals surface area contributed by atoms with Gasteiger partial charge in [-0.15, -0.1) is 0 Å². The first kappa shape index (κ1) is 8.03. The maximum atomic E-state index is 11.7. The number of rotatable bonds is 0. The van der Waals surface area contributed by atoms with Crippen LogP contribution in [0, 0.1) is 16.7 Å². The third-order valence-electron chi connectivity index (χ3n) is 4.33. The second-order valence-corrected chi connectivity index (χ2v) is 4.92. The minimum Gasteiger partial charge on any atom is -0.294 e. The molecule has 0 spiro atoms. The molecule has 0 amide bonds. The highest BCUT2D eigenvalue weighted by Gasteiger charge is 2.55. The monoisotopic (exact) mass is 164 g/mol. The summed E-state index contributed by atoms with van der Waals surface area (Å²) in [5.74, 6) is 0.960. The van der Waals surface area contributed by atoms with Gasteiger partial charge in [0.15, 0.2) is 5.78 Å². The van der Waals surface area contributed by atoms with Gasteiger partial charge in [0.05, 0.1) is 0 Å². The van der Waals surface area contributed by atoms with Crippen LogP contribution in [-0.4, -0.2) is 5.78 Å². The average molecular weight is 164 g/mol. The van der Waals surface area contributed by atoms with Gasteiger partial charge in [-0.3, -0.25) is 4.79 Å². The van der Waals surface area contributed by atoms with Gasteiger partial charge in [0.25, 0.3) is 0 Å². The summed E-state index contributed by atoms with van der Waals surface area (Å²) < 4.78 is 0. The molecule has 2 atom stereocenters. The van der Waals surface area contributed by atoms with Crippen LogP contribution in [0.1, 0.15) is 33.6 Å². The minimum atomic E-state index is -0.0770. The normalized spacial score (nSPS) is 43.6. The maximum Gasteiger partial charge on any atom is 0.161 e. The Labute approximate surface area is 73.8 Å². The Morgan fingerprint density at radius 2 is 2.08 bits per heavy atom. The molecule has 2 rings (SSSR count). The lowest BCUT2D eigenvalue weighted by molar-refractivity contribution is -0.129. The summed E-state index contributed by atoms with van der Waals surface area (Å²) in [4.78, 5) is 11.7. The molecule has 0 N–H and O–H groups in total. The lowest BCUT2D eigenvalue weighted by atomic mass is 9.61. The van der Waals surface area contributed by atoms with Crippen LogP contribution < -0.4 is 0 Å². The molecule has 1 nitrogen and oxygen atoms in total. The first-order valence-corrected chi connectivity index (χ1v) is 4.71. The zero-order chi connectivity index (χ0) is 8.98. The molecule has 2 aliphatic carbocycles. The molecule has 66 valence electrons. The topological polar surface area (TPSA) is 17.1 Å². The highest BCUT2D eigenvalue weighted by Crippen LogP contribution is 2.58. The predicted molar refractivity (Wildman–Crippen MR) is 48.8 cm³/mol. The molecule has 1 saturated carbocycles. The van der Waals surface area contributed by atoms with E-state index in [0.29, 0.717) is 11.7 Å². The predicted octanol–water partition coefficient (Wildman–Crippen LogP) is 2.57. The lowest BCUT2D eigenvalue weighted by Crippen LogP contribution is -2.41. The summed E-state index contributed by atoms with van der Waals surface area (Å²) in [5.41, 5.74) is 0.102. The third kappa shape index (κ3) is 0.675. The van der Waals surface area contributed by atoms with Crippen LogP contribution >= 0.6 is 0 Å². The summed E-state index contributed by atoms with van der Waals surface area (Å²) in [6, 6.07) is 0. The van der Waals surface area contributed by atoms with Crippen molar-refractivity contribution < 1.29 is 4.79 Å². The zero-order valence-corrected chi connectivity index (χ0v) is 8.05. The molecule has 0 saturated heterocycles. The van der Waals surface area contributed by atoms with Crippen LogP contribution in [-0.2, 0) is 4.79 Å².